The van der Waals surface area contributed by atoms with E-state index >= 15 is 0 Å². The Kier molecular flexibility index (Phi) is 10.3. The first-order valence-corrected chi connectivity index (χ1v) is 13.4. The zero-order valence-corrected chi connectivity index (χ0v) is 25.1. The second kappa shape index (κ2) is 12.6. The van der Waals surface area contributed by atoms with E-state index in [1.54, 1.807) is 20.8 Å². The number of para-hydroxylation sites is 1. The zero-order valence-electron chi connectivity index (χ0n) is 25.1. The normalized spacial score (nSPS) is 13.3. The van der Waals surface area contributed by atoms with Crippen LogP contribution in [0.3, 0.4) is 0 Å². The third-order valence-corrected chi connectivity index (χ3v) is 6.72. The average Bonchev–Trinajstić information content (AvgIpc) is 2.80. The molecule has 0 saturated heterocycles. The monoisotopic (exact) mass is 539 g/mol. The number of nitrogens with one attached hydrogen (secondary N) is 2. The summed E-state index contributed by atoms with van der Waals surface area (Å²) in [6, 6.07) is 9.19. The van der Waals surface area contributed by atoms with Gasteiger partial charge in [-0.05, 0) is 85.4 Å². The Morgan fingerprint density at radius 1 is 0.949 bits per heavy atom. The van der Waals surface area contributed by atoms with Crippen molar-refractivity contribution in [2.75, 3.05) is 11.9 Å². The highest BCUT2D eigenvalue weighted by molar-refractivity contribution is 6.00. The van der Waals surface area contributed by atoms with Gasteiger partial charge in [-0.25, -0.2) is 4.79 Å². The lowest BCUT2D eigenvalue weighted by Crippen LogP contribution is -2.59. The number of hydrogen-bond acceptors (Lipinski definition) is 5. The van der Waals surface area contributed by atoms with E-state index in [1.165, 1.54) is 4.90 Å². The summed E-state index contributed by atoms with van der Waals surface area (Å²) >= 11 is 0. The summed E-state index contributed by atoms with van der Waals surface area (Å²) in [6.45, 7) is 17.9. The molecule has 214 valence electrons. The number of anilines is 1. The smallest absolute Gasteiger partial charge is 0.408 e. The van der Waals surface area contributed by atoms with E-state index in [2.05, 4.69) is 10.6 Å². The molecule has 3 amide bonds. The molecule has 0 spiro atoms. The van der Waals surface area contributed by atoms with Crippen molar-refractivity contribution < 1.29 is 24.2 Å². The lowest BCUT2D eigenvalue weighted by Gasteiger charge is -2.44. The van der Waals surface area contributed by atoms with Crippen LogP contribution < -0.4 is 10.6 Å². The third kappa shape index (κ3) is 8.30. The number of alkyl carbamates (subject to hydrolysis) is 1. The van der Waals surface area contributed by atoms with E-state index in [4.69, 9.17) is 4.74 Å². The van der Waals surface area contributed by atoms with Gasteiger partial charge < -0.3 is 25.4 Å². The van der Waals surface area contributed by atoms with Crippen LogP contribution in [0.25, 0.3) is 0 Å². The predicted molar refractivity (Wildman–Crippen MR) is 155 cm³/mol. The fraction of sp³-hybridized carbons (Fsp3) is 0.516. The molecular weight excluding hydrogens is 494 g/mol. The molecule has 2 atom stereocenters. The number of ether oxygens (including phenoxy) is 1. The molecule has 3 N–H and O–H groups in total. The van der Waals surface area contributed by atoms with E-state index < -0.39 is 41.8 Å². The van der Waals surface area contributed by atoms with Crippen molar-refractivity contribution in [3.05, 3.63) is 64.2 Å². The molecule has 39 heavy (non-hydrogen) atoms. The highest BCUT2D eigenvalue weighted by atomic mass is 16.6. The number of benzene rings is 2. The molecular formula is C31H45N3O5. The van der Waals surface area contributed by atoms with E-state index in [1.807, 2.05) is 84.9 Å². The molecule has 0 aliphatic carbocycles. The van der Waals surface area contributed by atoms with Crippen molar-refractivity contribution in [2.24, 2.45) is 0 Å². The minimum absolute atomic E-state index is 0.388. The maximum Gasteiger partial charge on any atom is 0.408 e. The van der Waals surface area contributed by atoms with Crippen LogP contribution >= 0.6 is 0 Å². The Balaban J connectivity index is 2.68. The minimum atomic E-state index is -1.31. The fourth-order valence-corrected chi connectivity index (χ4v) is 4.54. The number of aliphatic hydroxyl groups excluding tert-OH is 1. The van der Waals surface area contributed by atoms with Gasteiger partial charge in [-0.1, -0.05) is 54.4 Å². The molecule has 8 nitrogen and oxygen atoms in total. The number of nitrogens with zero attached hydrogens (tertiary/aromatic N) is 1. The molecule has 0 aromatic heterocycles. The van der Waals surface area contributed by atoms with Crippen LogP contribution in [0.1, 0.15) is 81.8 Å². The van der Waals surface area contributed by atoms with Gasteiger partial charge in [0.2, 0.25) is 5.91 Å². The first-order valence-electron chi connectivity index (χ1n) is 13.4. The summed E-state index contributed by atoms with van der Waals surface area (Å²) in [5.74, 6) is -0.975. The topological polar surface area (TPSA) is 108 Å². The van der Waals surface area contributed by atoms with E-state index in [9.17, 15) is 19.5 Å². The standard InChI is InChI=1S/C31H45N3O5/c1-11-31(9,10)34(28(37)24(18-35)32-29(38)39-30(6,7)8)26(23-16-19(2)15-20(3)17-23)27(36)33-25-21(4)13-12-14-22(25)5/h12-17,24,26,35H,11,18H2,1-10H3,(H,32,38)(H,33,36). The molecule has 0 aliphatic rings. The lowest BCUT2D eigenvalue weighted by molar-refractivity contribution is -0.148. The van der Waals surface area contributed by atoms with Gasteiger partial charge in [-0.15, -0.1) is 0 Å². The molecule has 2 aromatic rings. The van der Waals surface area contributed by atoms with Crippen molar-refractivity contribution in [1.29, 1.82) is 0 Å². The lowest BCUT2D eigenvalue weighted by atomic mass is 9.90. The van der Waals surface area contributed by atoms with Crippen molar-refractivity contribution in [1.82, 2.24) is 10.2 Å². The minimum Gasteiger partial charge on any atom is -0.444 e. The number of carbonyl (C=O) groups is 3. The highest BCUT2D eigenvalue weighted by Gasteiger charge is 2.43. The second-order valence-electron chi connectivity index (χ2n) is 11.8. The van der Waals surface area contributed by atoms with Crippen molar-refractivity contribution >= 4 is 23.6 Å². The number of hydrogen-bond donors (Lipinski definition) is 3. The van der Waals surface area contributed by atoms with E-state index in [0.29, 0.717) is 17.7 Å². The van der Waals surface area contributed by atoms with Gasteiger partial charge in [-0.2, -0.15) is 0 Å². The molecule has 0 bridgehead atoms. The van der Waals surface area contributed by atoms with Gasteiger partial charge in [0, 0.05) is 11.2 Å². The maximum atomic E-state index is 14.2. The van der Waals surface area contributed by atoms with Crippen molar-refractivity contribution in [2.45, 2.75) is 98.9 Å². The van der Waals surface area contributed by atoms with Gasteiger partial charge in [0.1, 0.15) is 17.7 Å². The Bertz CT molecular complexity index is 1160. The summed E-state index contributed by atoms with van der Waals surface area (Å²) in [6.07, 6.45) is -0.312. The van der Waals surface area contributed by atoms with Crippen LogP contribution in [0.4, 0.5) is 10.5 Å². The third-order valence-electron chi connectivity index (χ3n) is 6.72. The second-order valence-corrected chi connectivity index (χ2v) is 11.8. The number of rotatable bonds is 9. The molecule has 2 aromatic carbocycles. The number of aryl methyl sites for hydroxylation is 4. The summed E-state index contributed by atoms with van der Waals surface area (Å²) in [5.41, 5.74) is 3.40. The predicted octanol–water partition coefficient (Wildman–Crippen LogP) is 5.50. The van der Waals surface area contributed by atoms with Crippen LogP contribution in [0.2, 0.25) is 0 Å². The van der Waals surface area contributed by atoms with E-state index in [-0.39, 0.29) is 5.91 Å². The Hall–Kier alpha value is -3.39. The van der Waals surface area contributed by atoms with Crippen LogP contribution in [0.15, 0.2) is 36.4 Å². The van der Waals surface area contributed by atoms with E-state index in [0.717, 1.165) is 22.3 Å². The highest BCUT2D eigenvalue weighted by Crippen LogP contribution is 2.34. The Morgan fingerprint density at radius 3 is 1.95 bits per heavy atom. The SMILES string of the molecule is CCC(C)(C)N(C(=O)C(CO)NC(=O)OC(C)(C)C)C(C(=O)Nc1c(C)cccc1C)c1cc(C)cc(C)c1. The van der Waals surface area contributed by atoms with Crippen LogP contribution in [0, 0.1) is 27.7 Å². The van der Waals surface area contributed by atoms with Crippen LogP contribution in [-0.4, -0.2) is 51.7 Å². The molecule has 0 heterocycles. The summed E-state index contributed by atoms with van der Waals surface area (Å²) in [5, 5.41) is 15.8. The summed E-state index contributed by atoms with van der Waals surface area (Å²) in [4.78, 5) is 42.4. The zero-order chi connectivity index (χ0) is 29.7. The average molecular weight is 540 g/mol. The first kappa shape index (κ1) is 31.8. The number of aliphatic hydroxyl groups is 1. The van der Waals surface area contributed by atoms with Gasteiger partial charge in [0.15, 0.2) is 0 Å². The number of carbonyl (C=O) groups excluding carboxylic acids is 3. The Morgan fingerprint density at radius 2 is 1.49 bits per heavy atom. The Labute approximate surface area is 233 Å². The van der Waals surface area contributed by atoms with Gasteiger partial charge in [0.25, 0.3) is 5.91 Å². The summed E-state index contributed by atoms with van der Waals surface area (Å²) < 4.78 is 5.33. The molecule has 0 saturated carbocycles. The van der Waals surface area contributed by atoms with Gasteiger partial charge in [0.05, 0.1) is 6.61 Å². The van der Waals surface area contributed by atoms with Crippen molar-refractivity contribution in [3.63, 3.8) is 0 Å². The first-order chi connectivity index (χ1) is 18.0. The van der Waals surface area contributed by atoms with Crippen molar-refractivity contribution in [3.8, 4) is 0 Å². The largest absolute Gasteiger partial charge is 0.444 e. The quantitative estimate of drug-likeness (QED) is 0.390. The molecule has 0 radical (unpaired) electrons. The molecule has 8 heteroatoms. The van der Waals surface area contributed by atoms with Crippen LogP contribution in [-0.2, 0) is 14.3 Å². The molecule has 2 rings (SSSR count). The fourth-order valence-electron chi connectivity index (χ4n) is 4.54. The van der Waals surface area contributed by atoms with Crippen LogP contribution in [0.5, 0.6) is 0 Å². The summed E-state index contributed by atoms with van der Waals surface area (Å²) in [7, 11) is 0. The van der Waals surface area contributed by atoms with Gasteiger partial charge >= 0.3 is 6.09 Å². The number of amides is 3. The molecule has 0 aliphatic heterocycles. The van der Waals surface area contributed by atoms with Gasteiger partial charge in [-0.3, -0.25) is 9.59 Å². The molecule has 0 fully saturated rings. The molecule has 2 unspecified atom stereocenters. The maximum absolute atomic E-state index is 14.2.